The topological polar surface area (TPSA) is 0 Å². The second-order valence-corrected chi connectivity index (χ2v) is 4.65. The van der Waals surface area contributed by atoms with Gasteiger partial charge in [-0.3, -0.25) is 0 Å². The SMILES string of the molecule is C(#Cc1ccc([C]2CCC2)cc1)c1ccccc1. The smallest absolute Gasteiger partial charge is 0.0249 e. The molecule has 2 aromatic carbocycles. The summed E-state index contributed by atoms with van der Waals surface area (Å²) < 4.78 is 0. The molecule has 0 heterocycles. The van der Waals surface area contributed by atoms with Gasteiger partial charge in [-0.05, 0) is 42.7 Å². The van der Waals surface area contributed by atoms with Gasteiger partial charge in [-0.2, -0.15) is 0 Å². The molecule has 3 rings (SSSR count). The Labute approximate surface area is 109 Å². The fourth-order valence-corrected chi connectivity index (χ4v) is 2.10. The monoisotopic (exact) mass is 231 g/mol. The molecule has 1 fully saturated rings. The number of benzene rings is 2. The van der Waals surface area contributed by atoms with Crippen molar-refractivity contribution in [3.8, 4) is 11.8 Å². The lowest BCUT2D eigenvalue weighted by atomic mass is 9.80. The molecule has 0 bridgehead atoms. The molecule has 18 heavy (non-hydrogen) atoms. The van der Waals surface area contributed by atoms with Crippen LogP contribution in [0.1, 0.15) is 36.0 Å². The van der Waals surface area contributed by atoms with E-state index < -0.39 is 0 Å². The van der Waals surface area contributed by atoms with Gasteiger partial charge in [-0.15, -0.1) is 0 Å². The number of hydrogen-bond acceptors (Lipinski definition) is 0. The van der Waals surface area contributed by atoms with E-state index in [-0.39, 0.29) is 0 Å². The average molecular weight is 231 g/mol. The maximum absolute atomic E-state index is 3.20. The quantitative estimate of drug-likeness (QED) is 0.645. The van der Waals surface area contributed by atoms with Crippen LogP contribution in [-0.4, -0.2) is 0 Å². The van der Waals surface area contributed by atoms with E-state index in [4.69, 9.17) is 0 Å². The third kappa shape index (κ3) is 2.46. The van der Waals surface area contributed by atoms with Crippen LogP contribution in [0.5, 0.6) is 0 Å². The predicted molar refractivity (Wildman–Crippen MR) is 75.1 cm³/mol. The lowest BCUT2D eigenvalue weighted by molar-refractivity contribution is 0.577. The normalized spacial score (nSPS) is 14.4. The van der Waals surface area contributed by atoms with Crippen LogP contribution in [0.3, 0.4) is 0 Å². The van der Waals surface area contributed by atoms with Crippen molar-refractivity contribution >= 4 is 0 Å². The van der Waals surface area contributed by atoms with Gasteiger partial charge in [0.25, 0.3) is 0 Å². The zero-order valence-electron chi connectivity index (χ0n) is 10.3. The third-order valence-electron chi connectivity index (χ3n) is 3.38. The van der Waals surface area contributed by atoms with E-state index in [1.807, 2.05) is 30.3 Å². The summed E-state index contributed by atoms with van der Waals surface area (Å²) >= 11 is 0. The zero-order valence-corrected chi connectivity index (χ0v) is 10.3. The van der Waals surface area contributed by atoms with Crippen LogP contribution in [0, 0.1) is 17.8 Å². The minimum absolute atomic E-state index is 1.06. The van der Waals surface area contributed by atoms with Gasteiger partial charge < -0.3 is 0 Å². The van der Waals surface area contributed by atoms with Gasteiger partial charge in [0.05, 0.1) is 0 Å². The van der Waals surface area contributed by atoms with E-state index in [1.54, 1.807) is 5.92 Å². The Bertz CT molecular complexity index is 563. The van der Waals surface area contributed by atoms with E-state index in [1.165, 1.54) is 24.8 Å². The van der Waals surface area contributed by atoms with Crippen molar-refractivity contribution in [2.75, 3.05) is 0 Å². The van der Waals surface area contributed by atoms with Crippen molar-refractivity contribution in [3.05, 3.63) is 77.2 Å². The fraction of sp³-hybridized carbons (Fsp3) is 0.167. The molecule has 1 aliphatic rings. The summed E-state index contributed by atoms with van der Waals surface area (Å²) in [5.41, 5.74) is 3.55. The first-order valence-corrected chi connectivity index (χ1v) is 6.44. The highest BCUT2D eigenvalue weighted by atomic mass is 14.2. The number of rotatable bonds is 1. The van der Waals surface area contributed by atoms with Gasteiger partial charge in [-0.25, -0.2) is 0 Å². The molecule has 0 unspecified atom stereocenters. The molecule has 0 nitrogen and oxygen atoms in total. The van der Waals surface area contributed by atoms with Gasteiger partial charge in [0.1, 0.15) is 0 Å². The Morgan fingerprint density at radius 2 is 1.28 bits per heavy atom. The Kier molecular flexibility index (Phi) is 3.15. The highest BCUT2D eigenvalue weighted by Crippen LogP contribution is 2.34. The first-order valence-electron chi connectivity index (χ1n) is 6.44. The molecule has 87 valence electrons. The van der Waals surface area contributed by atoms with Crippen molar-refractivity contribution in [2.24, 2.45) is 0 Å². The summed E-state index contributed by atoms with van der Waals surface area (Å²) in [7, 11) is 0. The van der Waals surface area contributed by atoms with E-state index in [9.17, 15) is 0 Å². The minimum Gasteiger partial charge on any atom is -0.0622 e. The minimum atomic E-state index is 1.06. The summed E-state index contributed by atoms with van der Waals surface area (Å²) in [6.07, 6.45) is 3.90. The summed E-state index contributed by atoms with van der Waals surface area (Å²) in [4.78, 5) is 0. The summed E-state index contributed by atoms with van der Waals surface area (Å²) in [5.74, 6) is 7.98. The predicted octanol–water partition coefficient (Wildman–Crippen LogP) is 4.19. The van der Waals surface area contributed by atoms with Crippen LogP contribution in [-0.2, 0) is 0 Å². The van der Waals surface area contributed by atoms with Crippen molar-refractivity contribution in [1.29, 1.82) is 0 Å². The lowest BCUT2D eigenvalue weighted by Crippen LogP contribution is -2.09. The first-order chi connectivity index (χ1) is 8.92. The van der Waals surface area contributed by atoms with Crippen molar-refractivity contribution < 1.29 is 0 Å². The molecule has 0 heteroatoms. The molecule has 2 aromatic rings. The van der Waals surface area contributed by atoms with E-state index in [0.29, 0.717) is 0 Å². The Hall–Kier alpha value is -2.00. The Morgan fingerprint density at radius 3 is 1.83 bits per heavy atom. The fourth-order valence-electron chi connectivity index (χ4n) is 2.10. The summed E-state index contributed by atoms with van der Waals surface area (Å²) in [5, 5.41) is 0. The second kappa shape index (κ2) is 5.10. The molecule has 0 saturated heterocycles. The third-order valence-corrected chi connectivity index (χ3v) is 3.38. The molecule has 0 N–H and O–H groups in total. The molecule has 1 aliphatic carbocycles. The maximum atomic E-state index is 3.20. The molecule has 0 aromatic heterocycles. The number of hydrogen-bond donors (Lipinski definition) is 0. The molecule has 0 aliphatic heterocycles. The molecular weight excluding hydrogens is 216 g/mol. The van der Waals surface area contributed by atoms with Crippen LogP contribution in [0.15, 0.2) is 54.6 Å². The van der Waals surface area contributed by atoms with E-state index >= 15 is 0 Å². The second-order valence-electron chi connectivity index (χ2n) is 4.65. The van der Waals surface area contributed by atoms with Crippen LogP contribution in [0.25, 0.3) is 0 Å². The summed E-state index contributed by atoms with van der Waals surface area (Å²) in [6.45, 7) is 0. The van der Waals surface area contributed by atoms with Crippen molar-refractivity contribution in [1.82, 2.24) is 0 Å². The van der Waals surface area contributed by atoms with E-state index in [2.05, 4.69) is 36.1 Å². The lowest BCUT2D eigenvalue weighted by Gasteiger charge is -2.24. The van der Waals surface area contributed by atoms with Crippen LogP contribution >= 0.6 is 0 Å². The molecule has 0 atom stereocenters. The van der Waals surface area contributed by atoms with Crippen LogP contribution in [0.4, 0.5) is 0 Å². The van der Waals surface area contributed by atoms with Gasteiger partial charge in [0.2, 0.25) is 0 Å². The summed E-state index contributed by atoms with van der Waals surface area (Å²) in [6, 6.07) is 18.7. The Balaban J connectivity index is 1.75. The standard InChI is InChI=1S/C18H15/c1-2-5-15(6-3-1)9-10-16-11-13-18(14-12-16)17-7-4-8-17/h1-3,5-6,11-14H,4,7-8H2. The van der Waals surface area contributed by atoms with Crippen molar-refractivity contribution in [2.45, 2.75) is 19.3 Å². The molecular formula is C18H15. The first kappa shape index (κ1) is 11.1. The highest BCUT2D eigenvalue weighted by Gasteiger charge is 2.19. The van der Waals surface area contributed by atoms with Crippen molar-refractivity contribution in [3.63, 3.8) is 0 Å². The molecule has 1 saturated carbocycles. The molecule has 0 spiro atoms. The van der Waals surface area contributed by atoms with Gasteiger partial charge >= 0.3 is 0 Å². The zero-order chi connectivity index (χ0) is 12.2. The van der Waals surface area contributed by atoms with Gasteiger partial charge in [0.15, 0.2) is 0 Å². The van der Waals surface area contributed by atoms with Crippen LogP contribution < -0.4 is 0 Å². The Morgan fingerprint density at radius 1 is 0.667 bits per heavy atom. The van der Waals surface area contributed by atoms with Gasteiger partial charge in [-0.1, -0.05) is 48.6 Å². The van der Waals surface area contributed by atoms with E-state index in [0.717, 1.165) is 11.1 Å². The largest absolute Gasteiger partial charge is 0.0622 e. The average Bonchev–Trinajstić information content (AvgIpc) is 2.37. The van der Waals surface area contributed by atoms with Crippen LogP contribution in [0.2, 0.25) is 0 Å². The molecule has 1 radical (unpaired) electrons. The molecule has 0 amide bonds. The highest BCUT2D eigenvalue weighted by molar-refractivity contribution is 5.45. The maximum Gasteiger partial charge on any atom is 0.0249 e. The van der Waals surface area contributed by atoms with Gasteiger partial charge in [0, 0.05) is 17.0 Å².